The Morgan fingerprint density at radius 2 is 2.17 bits per heavy atom. The highest BCUT2D eigenvalue weighted by molar-refractivity contribution is 5.75. The van der Waals surface area contributed by atoms with Gasteiger partial charge < -0.3 is 19.7 Å². The molecule has 23 heavy (non-hydrogen) atoms. The number of aliphatic hydroxyl groups excluding tert-OH is 1. The average Bonchev–Trinajstić information content (AvgIpc) is 2.96. The molecule has 3 atom stereocenters. The number of carbonyl (C=O) groups is 1. The minimum atomic E-state index is -0.536. The molecule has 0 saturated carbocycles. The standard InChI is InChI=1S/C17H28N2O4/c1-5-16(21)18-10-14-13(20)7-6-12(22-14)8-11-9-15(23-19-11)17(2,3)4/h9,12-14,20H,5-8,10H2,1-4H3,(H,18,21)/t12-,13-,14+/m0/s1. The van der Waals surface area contributed by atoms with Gasteiger partial charge in [0.25, 0.3) is 0 Å². The molecule has 1 fully saturated rings. The minimum Gasteiger partial charge on any atom is -0.390 e. The molecular formula is C17H28N2O4. The normalized spacial score (nSPS) is 25.3. The molecule has 0 aromatic carbocycles. The largest absolute Gasteiger partial charge is 0.390 e. The highest BCUT2D eigenvalue weighted by Gasteiger charge is 2.31. The van der Waals surface area contributed by atoms with E-state index in [9.17, 15) is 9.90 Å². The Bertz CT molecular complexity index is 521. The van der Waals surface area contributed by atoms with Crippen molar-refractivity contribution in [1.82, 2.24) is 10.5 Å². The number of aromatic nitrogens is 1. The van der Waals surface area contributed by atoms with Gasteiger partial charge >= 0.3 is 0 Å². The molecule has 2 N–H and O–H groups in total. The third-order valence-electron chi connectivity index (χ3n) is 4.14. The molecule has 0 aliphatic carbocycles. The number of hydrogen-bond acceptors (Lipinski definition) is 5. The van der Waals surface area contributed by atoms with Crippen LogP contribution in [0.4, 0.5) is 0 Å². The summed E-state index contributed by atoms with van der Waals surface area (Å²) in [7, 11) is 0. The molecule has 1 saturated heterocycles. The molecule has 1 amide bonds. The fourth-order valence-corrected chi connectivity index (χ4v) is 2.62. The zero-order chi connectivity index (χ0) is 17.0. The highest BCUT2D eigenvalue weighted by Crippen LogP contribution is 2.26. The van der Waals surface area contributed by atoms with Gasteiger partial charge in [0, 0.05) is 30.9 Å². The molecular weight excluding hydrogens is 296 g/mol. The number of amides is 1. The third kappa shape index (κ3) is 5.04. The van der Waals surface area contributed by atoms with Crippen LogP contribution in [0.25, 0.3) is 0 Å². The van der Waals surface area contributed by atoms with Crippen LogP contribution in [0.5, 0.6) is 0 Å². The predicted molar refractivity (Wildman–Crippen MR) is 86.1 cm³/mol. The van der Waals surface area contributed by atoms with E-state index >= 15 is 0 Å². The summed E-state index contributed by atoms with van der Waals surface area (Å²) in [5.41, 5.74) is 0.801. The zero-order valence-corrected chi connectivity index (χ0v) is 14.5. The van der Waals surface area contributed by atoms with E-state index in [0.717, 1.165) is 17.9 Å². The number of rotatable bonds is 5. The molecule has 130 valence electrons. The lowest BCUT2D eigenvalue weighted by Crippen LogP contribution is -2.46. The lowest BCUT2D eigenvalue weighted by atomic mass is 9.92. The molecule has 1 aliphatic heterocycles. The monoisotopic (exact) mass is 324 g/mol. The Balaban J connectivity index is 1.90. The summed E-state index contributed by atoms with van der Waals surface area (Å²) in [5.74, 6) is 0.823. The van der Waals surface area contributed by atoms with Gasteiger partial charge in [-0.2, -0.15) is 0 Å². The van der Waals surface area contributed by atoms with Crippen LogP contribution in [0.2, 0.25) is 0 Å². The number of nitrogens with one attached hydrogen (secondary N) is 1. The van der Waals surface area contributed by atoms with Crippen molar-refractivity contribution in [3.05, 3.63) is 17.5 Å². The van der Waals surface area contributed by atoms with Gasteiger partial charge in [0.05, 0.1) is 17.9 Å². The molecule has 2 heterocycles. The quantitative estimate of drug-likeness (QED) is 0.865. The summed E-state index contributed by atoms with van der Waals surface area (Å²) in [4.78, 5) is 11.4. The van der Waals surface area contributed by atoms with E-state index in [0.29, 0.717) is 25.8 Å². The minimum absolute atomic E-state index is 0.0140. The second-order valence-electron chi connectivity index (χ2n) is 7.24. The van der Waals surface area contributed by atoms with Crippen LogP contribution >= 0.6 is 0 Å². The fraction of sp³-hybridized carbons (Fsp3) is 0.765. The van der Waals surface area contributed by atoms with E-state index in [-0.39, 0.29) is 23.5 Å². The molecule has 1 aromatic rings. The molecule has 6 nitrogen and oxygen atoms in total. The SMILES string of the molecule is CCC(=O)NC[C@H]1O[C@H](Cc2cc(C(C)(C)C)on2)CC[C@@H]1O. The summed E-state index contributed by atoms with van der Waals surface area (Å²) in [6.07, 6.45) is 1.62. The van der Waals surface area contributed by atoms with Crippen LogP contribution < -0.4 is 5.32 Å². The smallest absolute Gasteiger partial charge is 0.219 e. The highest BCUT2D eigenvalue weighted by atomic mass is 16.5. The molecule has 1 aliphatic rings. The van der Waals surface area contributed by atoms with Crippen LogP contribution in [-0.4, -0.2) is 41.0 Å². The van der Waals surface area contributed by atoms with Crippen molar-refractivity contribution in [3.63, 3.8) is 0 Å². The van der Waals surface area contributed by atoms with Gasteiger partial charge in [0.15, 0.2) is 0 Å². The summed E-state index contributed by atoms with van der Waals surface area (Å²) < 4.78 is 11.3. The Morgan fingerprint density at radius 1 is 1.43 bits per heavy atom. The molecule has 0 spiro atoms. The van der Waals surface area contributed by atoms with Crippen LogP contribution in [0.3, 0.4) is 0 Å². The Labute approximate surface area is 137 Å². The first kappa shape index (κ1) is 17.9. The van der Waals surface area contributed by atoms with Crippen molar-refractivity contribution in [2.75, 3.05) is 6.54 Å². The second kappa shape index (κ2) is 7.45. The van der Waals surface area contributed by atoms with Gasteiger partial charge in [-0.15, -0.1) is 0 Å². The third-order valence-corrected chi connectivity index (χ3v) is 4.14. The maximum Gasteiger partial charge on any atom is 0.219 e. The number of carbonyl (C=O) groups excluding carboxylic acids is 1. The van der Waals surface area contributed by atoms with E-state index in [2.05, 4.69) is 31.2 Å². The topological polar surface area (TPSA) is 84.6 Å². The van der Waals surface area contributed by atoms with Crippen molar-refractivity contribution < 1.29 is 19.2 Å². The van der Waals surface area contributed by atoms with Gasteiger partial charge in [0.1, 0.15) is 11.9 Å². The first-order valence-corrected chi connectivity index (χ1v) is 8.36. The van der Waals surface area contributed by atoms with Crippen LogP contribution in [0.1, 0.15) is 58.4 Å². The van der Waals surface area contributed by atoms with E-state index in [1.165, 1.54) is 0 Å². The van der Waals surface area contributed by atoms with Crippen molar-refractivity contribution >= 4 is 5.91 Å². The zero-order valence-electron chi connectivity index (χ0n) is 14.5. The lowest BCUT2D eigenvalue weighted by molar-refractivity contribution is -0.128. The summed E-state index contributed by atoms with van der Waals surface area (Å²) in [6, 6.07) is 1.97. The Morgan fingerprint density at radius 3 is 2.78 bits per heavy atom. The van der Waals surface area contributed by atoms with Gasteiger partial charge in [-0.25, -0.2) is 0 Å². The van der Waals surface area contributed by atoms with E-state index in [4.69, 9.17) is 9.26 Å². The number of hydrogen-bond donors (Lipinski definition) is 2. The number of nitrogens with zero attached hydrogens (tertiary/aromatic N) is 1. The maximum absolute atomic E-state index is 11.4. The van der Waals surface area contributed by atoms with Crippen molar-refractivity contribution in [1.29, 1.82) is 0 Å². The van der Waals surface area contributed by atoms with Crippen LogP contribution in [0.15, 0.2) is 10.6 Å². The van der Waals surface area contributed by atoms with Crippen molar-refractivity contribution in [2.24, 2.45) is 0 Å². The van der Waals surface area contributed by atoms with Gasteiger partial charge in [0.2, 0.25) is 5.91 Å². The van der Waals surface area contributed by atoms with Crippen molar-refractivity contribution in [2.45, 2.75) is 77.1 Å². The molecule has 6 heteroatoms. The Hall–Kier alpha value is -1.40. The molecule has 0 unspecified atom stereocenters. The first-order chi connectivity index (χ1) is 10.8. The Kier molecular flexibility index (Phi) is 5.81. The molecule has 0 radical (unpaired) electrons. The second-order valence-corrected chi connectivity index (χ2v) is 7.24. The number of aliphatic hydroxyl groups is 1. The van der Waals surface area contributed by atoms with E-state index < -0.39 is 6.10 Å². The molecule has 1 aromatic heterocycles. The van der Waals surface area contributed by atoms with E-state index in [1.807, 2.05) is 6.07 Å². The van der Waals surface area contributed by atoms with Crippen LogP contribution in [0, 0.1) is 0 Å². The van der Waals surface area contributed by atoms with E-state index in [1.54, 1.807) is 6.92 Å². The predicted octanol–water partition coefficient (Wildman–Crippen LogP) is 1.95. The fourth-order valence-electron chi connectivity index (χ4n) is 2.62. The maximum atomic E-state index is 11.4. The lowest BCUT2D eigenvalue weighted by Gasteiger charge is -2.33. The first-order valence-electron chi connectivity index (χ1n) is 8.36. The summed E-state index contributed by atoms with van der Waals surface area (Å²) in [5, 5.41) is 16.9. The summed E-state index contributed by atoms with van der Waals surface area (Å²) >= 11 is 0. The number of ether oxygens (including phenoxy) is 1. The summed E-state index contributed by atoms with van der Waals surface area (Å²) in [6.45, 7) is 8.38. The van der Waals surface area contributed by atoms with Gasteiger partial charge in [-0.3, -0.25) is 4.79 Å². The average molecular weight is 324 g/mol. The molecule has 0 bridgehead atoms. The molecule has 2 rings (SSSR count). The van der Waals surface area contributed by atoms with Crippen molar-refractivity contribution in [3.8, 4) is 0 Å². The van der Waals surface area contributed by atoms with Gasteiger partial charge in [-0.05, 0) is 12.8 Å². The van der Waals surface area contributed by atoms with Gasteiger partial charge in [-0.1, -0.05) is 32.9 Å². The van der Waals surface area contributed by atoms with Crippen LogP contribution in [-0.2, 0) is 21.4 Å².